The summed E-state index contributed by atoms with van der Waals surface area (Å²) in [5.74, 6) is -6.20. The maximum atomic E-state index is 14.3. The normalized spacial score (nSPS) is 19.1. The van der Waals surface area contributed by atoms with Gasteiger partial charge < -0.3 is 4.90 Å². The standard InChI is InChI=1S/C22H22ClF4N3O2S/c1-13(2)18-11-22(26,27)12-29(18)20-19-16(23)5-4-6-17(19)30(28-20)33(31,32)15-9-7-14(8-10-15)21(3,24)25/h4-10,13,18H,11-12H2,1-3H3. The summed E-state index contributed by atoms with van der Waals surface area (Å²) in [6.07, 6.45) is -0.386. The molecule has 0 amide bonds. The van der Waals surface area contributed by atoms with Gasteiger partial charge in [-0.15, -0.1) is 5.10 Å². The molecule has 0 spiro atoms. The van der Waals surface area contributed by atoms with Gasteiger partial charge in [0.2, 0.25) is 0 Å². The third-order valence-corrected chi connectivity index (χ3v) is 7.76. The van der Waals surface area contributed by atoms with Crippen molar-refractivity contribution in [2.24, 2.45) is 5.92 Å². The summed E-state index contributed by atoms with van der Waals surface area (Å²) in [4.78, 5) is 1.14. The fraction of sp³-hybridized carbons (Fsp3) is 0.409. The fourth-order valence-electron chi connectivity index (χ4n) is 4.16. The van der Waals surface area contributed by atoms with Gasteiger partial charge in [0, 0.05) is 24.9 Å². The lowest BCUT2D eigenvalue weighted by Gasteiger charge is -2.27. The van der Waals surface area contributed by atoms with Gasteiger partial charge in [0.25, 0.3) is 21.9 Å². The Hall–Kier alpha value is -2.33. The van der Waals surface area contributed by atoms with E-state index in [-0.39, 0.29) is 44.5 Å². The summed E-state index contributed by atoms with van der Waals surface area (Å²) < 4.78 is 83.3. The van der Waals surface area contributed by atoms with Crippen LogP contribution in [0.25, 0.3) is 10.9 Å². The number of benzene rings is 2. The molecule has 33 heavy (non-hydrogen) atoms. The number of alkyl halides is 4. The molecule has 2 heterocycles. The number of aromatic nitrogens is 2. The number of halogens is 5. The zero-order chi connectivity index (χ0) is 24.3. The zero-order valence-corrected chi connectivity index (χ0v) is 19.6. The number of nitrogens with zero attached hydrogens (tertiary/aromatic N) is 3. The van der Waals surface area contributed by atoms with Gasteiger partial charge in [0.15, 0.2) is 5.82 Å². The molecule has 178 valence electrons. The highest BCUT2D eigenvalue weighted by Crippen LogP contribution is 2.42. The summed E-state index contributed by atoms with van der Waals surface area (Å²) in [6.45, 7) is 3.71. The minimum Gasteiger partial charge on any atom is -0.345 e. The third kappa shape index (κ3) is 4.19. The maximum Gasteiger partial charge on any atom is 0.283 e. The Morgan fingerprint density at radius 1 is 1.15 bits per heavy atom. The topological polar surface area (TPSA) is 55.2 Å². The van der Waals surface area contributed by atoms with E-state index >= 15 is 0 Å². The van der Waals surface area contributed by atoms with Crippen LogP contribution in [0.3, 0.4) is 0 Å². The number of anilines is 1. The zero-order valence-electron chi connectivity index (χ0n) is 18.1. The summed E-state index contributed by atoms with van der Waals surface area (Å²) in [6, 6.07) is 8.16. The van der Waals surface area contributed by atoms with Crippen molar-refractivity contribution in [3.8, 4) is 0 Å². The number of fused-ring (bicyclic) bond motifs is 1. The molecule has 0 radical (unpaired) electrons. The quantitative estimate of drug-likeness (QED) is 0.406. The Morgan fingerprint density at radius 2 is 1.79 bits per heavy atom. The van der Waals surface area contributed by atoms with Crippen LogP contribution in [0.15, 0.2) is 47.4 Å². The van der Waals surface area contributed by atoms with Crippen molar-refractivity contribution in [1.82, 2.24) is 9.19 Å². The molecule has 4 rings (SSSR count). The van der Waals surface area contributed by atoms with Gasteiger partial charge in [-0.3, -0.25) is 0 Å². The Kier molecular flexibility index (Phi) is 5.68. The second-order valence-electron chi connectivity index (χ2n) is 8.72. The molecule has 1 saturated heterocycles. The van der Waals surface area contributed by atoms with Crippen LogP contribution >= 0.6 is 11.6 Å². The molecular weight excluding hydrogens is 482 g/mol. The van der Waals surface area contributed by atoms with Crippen molar-refractivity contribution >= 4 is 38.3 Å². The SMILES string of the molecule is CC(C)C1CC(F)(F)CN1c1nn(S(=O)(=O)c2ccc(C(C)(F)F)cc2)c2cccc(Cl)c12. The summed E-state index contributed by atoms with van der Waals surface area (Å²) in [7, 11) is -4.33. The molecule has 1 fully saturated rings. The summed E-state index contributed by atoms with van der Waals surface area (Å²) in [5.41, 5.74) is -0.227. The molecule has 1 aliphatic rings. The van der Waals surface area contributed by atoms with Crippen molar-refractivity contribution in [3.05, 3.63) is 53.1 Å². The van der Waals surface area contributed by atoms with Crippen molar-refractivity contribution in [3.63, 3.8) is 0 Å². The predicted molar refractivity (Wildman–Crippen MR) is 119 cm³/mol. The molecule has 1 atom stereocenters. The van der Waals surface area contributed by atoms with Crippen molar-refractivity contribution < 1.29 is 26.0 Å². The highest BCUT2D eigenvalue weighted by molar-refractivity contribution is 7.90. The number of hydrogen-bond acceptors (Lipinski definition) is 4. The first-order valence-corrected chi connectivity index (χ1v) is 12.1. The maximum absolute atomic E-state index is 14.3. The summed E-state index contributed by atoms with van der Waals surface area (Å²) >= 11 is 6.37. The van der Waals surface area contributed by atoms with E-state index in [1.807, 2.05) is 13.8 Å². The molecule has 0 aliphatic carbocycles. The average molecular weight is 504 g/mol. The fourth-order valence-corrected chi connectivity index (χ4v) is 5.69. The van der Waals surface area contributed by atoms with Crippen molar-refractivity contribution in [2.45, 2.75) is 50.0 Å². The molecule has 0 N–H and O–H groups in total. The largest absolute Gasteiger partial charge is 0.345 e. The van der Waals surface area contributed by atoms with E-state index in [9.17, 15) is 26.0 Å². The van der Waals surface area contributed by atoms with Crippen molar-refractivity contribution in [2.75, 3.05) is 11.4 Å². The van der Waals surface area contributed by atoms with Gasteiger partial charge in [-0.2, -0.15) is 12.5 Å². The van der Waals surface area contributed by atoms with Crippen LogP contribution in [-0.2, 0) is 15.9 Å². The van der Waals surface area contributed by atoms with Crippen LogP contribution in [0.4, 0.5) is 23.4 Å². The molecule has 1 aromatic heterocycles. The van der Waals surface area contributed by atoms with Gasteiger partial charge in [0.1, 0.15) is 0 Å². The first kappa shape index (κ1) is 23.8. The van der Waals surface area contributed by atoms with E-state index in [0.717, 1.165) is 28.4 Å². The van der Waals surface area contributed by atoms with Crippen molar-refractivity contribution in [1.29, 1.82) is 0 Å². The Morgan fingerprint density at radius 3 is 2.36 bits per heavy atom. The second kappa shape index (κ2) is 7.87. The minimum absolute atomic E-state index is 0.0479. The van der Waals surface area contributed by atoms with Crippen LogP contribution in [0.5, 0.6) is 0 Å². The Labute approximate surface area is 194 Å². The van der Waals surface area contributed by atoms with E-state index in [2.05, 4.69) is 5.10 Å². The van der Waals surface area contributed by atoms with Gasteiger partial charge in [-0.05, 0) is 30.2 Å². The van der Waals surface area contributed by atoms with Crippen LogP contribution in [0, 0.1) is 5.92 Å². The van der Waals surface area contributed by atoms with E-state index < -0.39 is 34.5 Å². The second-order valence-corrected chi connectivity index (χ2v) is 10.9. The molecule has 1 aliphatic heterocycles. The lowest BCUT2D eigenvalue weighted by Crippen LogP contribution is -2.34. The van der Waals surface area contributed by atoms with Gasteiger partial charge >= 0.3 is 0 Å². The molecule has 2 aromatic carbocycles. The molecular formula is C22H22ClF4N3O2S. The smallest absolute Gasteiger partial charge is 0.283 e. The Balaban J connectivity index is 1.89. The van der Waals surface area contributed by atoms with E-state index in [4.69, 9.17) is 11.6 Å². The third-order valence-electron chi connectivity index (χ3n) is 5.84. The number of hydrogen-bond donors (Lipinski definition) is 0. The molecule has 0 bridgehead atoms. The van der Waals surface area contributed by atoms with Crippen LogP contribution in [-0.4, -0.2) is 36.1 Å². The molecule has 5 nitrogen and oxygen atoms in total. The molecule has 3 aromatic rings. The van der Waals surface area contributed by atoms with E-state index in [0.29, 0.717) is 6.92 Å². The molecule has 11 heteroatoms. The van der Waals surface area contributed by atoms with E-state index in [1.54, 1.807) is 0 Å². The minimum atomic E-state index is -4.33. The number of rotatable bonds is 5. The summed E-state index contributed by atoms with van der Waals surface area (Å²) in [5, 5.41) is 4.65. The van der Waals surface area contributed by atoms with Crippen LogP contribution in [0.2, 0.25) is 5.02 Å². The first-order valence-electron chi connectivity index (χ1n) is 10.3. The van der Waals surface area contributed by atoms with Crippen LogP contribution in [0.1, 0.15) is 32.8 Å². The lowest BCUT2D eigenvalue weighted by atomic mass is 10.0. The molecule has 1 unspecified atom stereocenters. The first-order chi connectivity index (χ1) is 15.2. The highest BCUT2D eigenvalue weighted by Gasteiger charge is 2.47. The average Bonchev–Trinajstić information content (AvgIpc) is 3.26. The Bertz CT molecular complexity index is 1300. The van der Waals surface area contributed by atoms with Gasteiger partial charge in [-0.25, -0.2) is 17.6 Å². The van der Waals surface area contributed by atoms with Crippen LogP contribution < -0.4 is 4.90 Å². The lowest BCUT2D eigenvalue weighted by molar-refractivity contribution is 0.0173. The van der Waals surface area contributed by atoms with Gasteiger partial charge in [-0.1, -0.05) is 43.6 Å². The predicted octanol–water partition coefficient (Wildman–Crippen LogP) is 5.91. The monoisotopic (exact) mass is 503 g/mol. The molecule has 0 saturated carbocycles. The van der Waals surface area contributed by atoms with Gasteiger partial charge in [0.05, 0.1) is 27.4 Å². The highest BCUT2D eigenvalue weighted by atomic mass is 35.5. The van der Waals surface area contributed by atoms with E-state index in [1.165, 1.54) is 23.1 Å².